The number of nitrogens with zero attached hydrogens (tertiary/aromatic N) is 1. The Balaban J connectivity index is 0.00000176. The standard InChI is InChI=1S/C18H23N3.HI/c1-2-19-18(21-16-10-11-16)20-13-12-15-8-5-7-14-6-3-4-9-17(14)15;/h3-9,16H,2,10-13H2,1H3,(H2,19,20,21);1H. The molecule has 22 heavy (non-hydrogen) atoms. The maximum Gasteiger partial charge on any atom is 0.191 e. The predicted molar refractivity (Wildman–Crippen MR) is 105 cm³/mol. The van der Waals surface area contributed by atoms with E-state index < -0.39 is 0 Å². The molecular formula is C18H24IN3. The van der Waals surface area contributed by atoms with Crippen LogP contribution in [-0.2, 0) is 6.42 Å². The van der Waals surface area contributed by atoms with Gasteiger partial charge < -0.3 is 10.6 Å². The monoisotopic (exact) mass is 409 g/mol. The molecule has 2 aromatic rings. The SMILES string of the molecule is CCNC(=NCCc1cccc2ccccc12)NC1CC1.I. The molecule has 0 heterocycles. The lowest BCUT2D eigenvalue weighted by atomic mass is 10.0. The maximum absolute atomic E-state index is 4.69. The highest BCUT2D eigenvalue weighted by Crippen LogP contribution is 2.19. The second kappa shape index (κ2) is 8.36. The molecule has 2 aromatic carbocycles. The third-order valence-electron chi connectivity index (χ3n) is 3.79. The average Bonchev–Trinajstić information content (AvgIpc) is 3.32. The lowest BCUT2D eigenvalue weighted by Gasteiger charge is -2.10. The molecule has 1 fully saturated rings. The summed E-state index contributed by atoms with van der Waals surface area (Å²) in [5.74, 6) is 0.959. The molecular weight excluding hydrogens is 385 g/mol. The first-order valence-electron chi connectivity index (χ1n) is 7.88. The minimum absolute atomic E-state index is 0. The van der Waals surface area contributed by atoms with Crippen LogP contribution in [0.1, 0.15) is 25.3 Å². The summed E-state index contributed by atoms with van der Waals surface area (Å²) >= 11 is 0. The van der Waals surface area contributed by atoms with Gasteiger partial charge in [-0.3, -0.25) is 4.99 Å². The Morgan fingerprint density at radius 3 is 2.68 bits per heavy atom. The van der Waals surface area contributed by atoms with Gasteiger partial charge in [0.05, 0.1) is 0 Å². The van der Waals surface area contributed by atoms with Crippen LogP contribution in [0.4, 0.5) is 0 Å². The van der Waals surface area contributed by atoms with Crippen molar-refractivity contribution in [2.24, 2.45) is 4.99 Å². The minimum atomic E-state index is 0. The number of benzene rings is 2. The molecule has 1 aliphatic rings. The Labute approximate surface area is 149 Å². The van der Waals surface area contributed by atoms with Gasteiger partial charge in [0.15, 0.2) is 5.96 Å². The first-order chi connectivity index (χ1) is 10.4. The van der Waals surface area contributed by atoms with Gasteiger partial charge in [0.25, 0.3) is 0 Å². The van der Waals surface area contributed by atoms with E-state index in [0.29, 0.717) is 6.04 Å². The smallest absolute Gasteiger partial charge is 0.191 e. The van der Waals surface area contributed by atoms with Crippen molar-refractivity contribution in [2.45, 2.75) is 32.2 Å². The Morgan fingerprint density at radius 1 is 1.14 bits per heavy atom. The molecule has 0 aliphatic heterocycles. The molecule has 0 saturated heterocycles. The van der Waals surface area contributed by atoms with Crippen molar-refractivity contribution in [3.8, 4) is 0 Å². The minimum Gasteiger partial charge on any atom is -0.357 e. The van der Waals surface area contributed by atoms with Gasteiger partial charge >= 0.3 is 0 Å². The van der Waals surface area contributed by atoms with Gasteiger partial charge in [-0.1, -0.05) is 42.5 Å². The van der Waals surface area contributed by atoms with E-state index in [1.54, 1.807) is 0 Å². The van der Waals surface area contributed by atoms with Crippen LogP contribution in [-0.4, -0.2) is 25.1 Å². The molecule has 3 rings (SSSR count). The van der Waals surface area contributed by atoms with E-state index in [-0.39, 0.29) is 24.0 Å². The molecule has 2 N–H and O–H groups in total. The van der Waals surface area contributed by atoms with Crippen LogP contribution in [0.3, 0.4) is 0 Å². The molecule has 4 heteroatoms. The van der Waals surface area contributed by atoms with E-state index >= 15 is 0 Å². The molecule has 1 aliphatic carbocycles. The summed E-state index contributed by atoms with van der Waals surface area (Å²) in [6.45, 7) is 3.83. The van der Waals surface area contributed by atoms with E-state index in [0.717, 1.165) is 25.5 Å². The predicted octanol–water partition coefficient (Wildman–Crippen LogP) is 3.72. The number of halogens is 1. The number of guanidine groups is 1. The fraction of sp³-hybridized carbons (Fsp3) is 0.389. The number of fused-ring (bicyclic) bond motifs is 1. The molecule has 118 valence electrons. The normalized spacial score (nSPS) is 14.5. The molecule has 3 nitrogen and oxygen atoms in total. The highest BCUT2D eigenvalue weighted by atomic mass is 127. The number of hydrogen-bond donors (Lipinski definition) is 2. The molecule has 0 atom stereocenters. The molecule has 0 spiro atoms. The second-order valence-electron chi connectivity index (χ2n) is 5.57. The zero-order valence-corrected chi connectivity index (χ0v) is 15.3. The van der Waals surface area contributed by atoms with Gasteiger partial charge in [0, 0.05) is 19.1 Å². The van der Waals surface area contributed by atoms with Crippen LogP contribution in [0.2, 0.25) is 0 Å². The summed E-state index contributed by atoms with van der Waals surface area (Å²) in [5, 5.41) is 9.42. The Morgan fingerprint density at radius 2 is 1.91 bits per heavy atom. The van der Waals surface area contributed by atoms with E-state index in [1.807, 2.05) is 0 Å². The summed E-state index contributed by atoms with van der Waals surface area (Å²) < 4.78 is 0. The highest BCUT2D eigenvalue weighted by molar-refractivity contribution is 14.0. The summed E-state index contributed by atoms with van der Waals surface area (Å²) in [6, 6.07) is 15.7. The van der Waals surface area contributed by atoms with Crippen molar-refractivity contribution in [3.05, 3.63) is 48.0 Å². The summed E-state index contributed by atoms with van der Waals surface area (Å²) in [4.78, 5) is 4.69. The van der Waals surface area contributed by atoms with Crippen molar-refractivity contribution in [1.29, 1.82) is 0 Å². The number of nitrogens with one attached hydrogen (secondary N) is 2. The molecule has 1 saturated carbocycles. The van der Waals surface area contributed by atoms with Gasteiger partial charge in [0.1, 0.15) is 0 Å². The van der Waals surface area contributed by atoms with Crippen molar-refractivity contribution < 1.29 is 0 Å². The van der Waals surface area contributed by atoms with E-state index in [2.05, 4.69) is 60.0 Å². The number of rotatable bonds is 5. The van der Waals surface area contributed by atoms with Gasteiger partial charge in [-0.2, -0.15) is 0 Å². The quantitative estimate of drug-likeness (QED) is 0.449. The highest BCUT2D eigenvalue weighted by Gasteiger charge is 2.21. The van der Waals surface area contributed by atoms with Crippen LogP contribution in [0.5, 0.6) is 0 Å². The average molecular weight is 409 g/mol. The van der Waals surface area contributed by atoms with Crippen LogP contribution >= 0.6 is 24.0 Å². The third-order valence-corrected chi connectivity index (χ3v) is 3.79. The van der Waals surface area contributed by atoms with Gasteiger partial charge in [-0.15, -0.1) is 24.0 Å². The largest absolute Gasteiger partial charge is 0.357 e. The molecule has 0 bridgehead atoms. The van der Waals surface area contributed by atoms with Crippen LogP contribution in [0, 0.1) is 0 Å². The van der Waals surface area contributed by atoms with E-state index in [9.17, 15) is 0 Å². The second-order valence-corrected chi connectivity index (χ2v) is 5.57. The lowest BCUT2D eigenvalue weighted by molar-refractivity contribution is 0.809. The van der Waals surface area contributed by atoms with Crippen LogP contribution < -0.4 is 10.6 Å². The number of aliphatic imine (C=N–C) groups is 1. The topological polar surface area (TPSA) is 36.4 Å². The van der Waals surface area contributed by atoms with Crippen LogP contribution in [0.25, 0.3) is 10.8 Å². The fourth-order valence-electron chi connectivity index (χ4n) is 2.54. The zero-order chi connectivity index (χ0) is 14.5. The molecule has 0 unspecified atom stereocenters. The van der Waals surface area contributed by atoms with Crippen LogP contribution in [0.15, 0.2) is 47.5 Å². The fourth-order valence-corrected chi connectivity index (χ4v) is 2.54. The van der Waals surface area contributed by atoms with E-state index in [1.165, 1.54) is 29.2 Å². The first-order valence-corrected chi connectivity index (χ1v) is 7.88. The van der Waals surface area contributed by atoms with Crippen molar-refractivity contribution in [3.63, 3.8) is 0 Å². The third kappa shape index (κ3) is 4.60. The maximum atomic E-state index is 4.69. The lowest BCUT2D eigenvalue weighted by Crippen LogP contribution is -2.38. The van der Waals surface area contributed by atoms with Crippen molar-refractivity contribution in [2.75, 3.05) is 13.1 Å². The Hall–Kier alpha value is -1.30. The summed E-state index contributed by atoms with van der Waals surface area (Å²) in [7, 11) is 0. The Bertz CT molecular complexity index is 630. The number of hydrogen-bond acceptors (Lipinski definition) is 1. The summed E-state index contributed by atoms with van der Waals surface area (Å²) in [5.41, 5.74) is 1.37. The molecule has 0 radical (unpaired) electrons. The molecule has 0 amide bonds. The molecule has 0 aromatic heterocycles. The van der Waals surface area contributed by atoms with Gasteiger partial charge in [-0.25, -0.2) is 0 Å². The van der Waals surface area contributed by atoms with Gasteiger partial charge in [0.2, 0.25) is 0 Å². The van der Waals surface area contributed by atoms with Crippen molar-refractivity contribution >= 4 is 40.7 Å². The Kier molecular flexibility index (Phi) is 6.49. The van der Waals surface area contributed by atoms with Gasteiger partial charge in [-0.05, 0) is 42.5 Å². The zero-order valence-electron chi connectivity index (χ0n) is 13.0. The van der Waals surface area contributed by atoms with Crippen molar-refractivity contribution in [1.82, 2.24) is 10.6 Å². The van der Waals surface area contributed by atoms with E-state index in [4.69, 9.17) is 4.99 Å². The summed E-state index contributed by atoms with van der Waals surface area (Å²) in [6.07, 6.45) is 3.52. The first kappa shape index (κ1) is 17.1.